The van der Waals surface area contributed by atoms with E-state index in [-0.39, 0.29) is 11.9 Å². The van der Waals surface area contributed by atoms with Gasteiger partial charge in [0, 0.05) is 29.7 Å². The van der Waals surface area contributed by atoms with Gasteiger partial charge in [-0.15, -0.1) is 0 Å². The van der Waals surface area contributed by atoms with E-state index in [4.69, 9.17) is 0 Å². The highest BCUT2D eigenvalue weighted by atomic mass is 16.2. The lowest BCUT2D eigenvalue weighted by molar-refractivity contribution is -0.117. The summed E-state index contributed by atoms with van der Waals surface area (Å²) in [6, 6.07) is 7.58. The van der Waals surface area contributed by atoms with Crippen molar-refractivity contribution < 1.29 is 4.79 Å². The first-order valence-corrected chi connectivity index (χ1v) is 5.87. The van der Waals surface area contributed by atoms with Crippen molar-refractivity contribution >= 4 is 11.6 Å². The molecule has 0 bridgehead atoms. The number of aryl methyl sites for hydroxylation is 1. The highest BCUT2D eigenvalue weighted by molar-refractivity contribution is 6.02. The molecular formula is C13H14N4O. The predicted octanol–water partition coefficient (Wildman–Crippen LogP) is 1.50. The van der Waals surface area contributed by atoms with Gasteiger partial charge in [0.2, 0.25) is 5.91 Å². The maximum Gasteiger partial charge on any atom is 0.246 e. The first kappa shape index (κ1) is 11.0. The van der Waals surface area contributed by atoms with E-state index in [9.17, 15) is 4.79 Å². The minimum Gasteiger partial charge on any atom is -0.324 e. The van der Waals surface area contributed by atoms with Crippen molar-refractivity contribution in [2.24, 2.45) is 0 Å². The van der Waals surface area contributed by atoms with E-state index in [0.29, 0.717) is 6.54 Å². The molecule has 0 fully saturated rings. The first-order chi connectivity index (χ1) is 8.74. The van der Waals surface area contributed by atoms with Crippen LogP contribution in [-0.2, 0) is 11.3 Å². The number of carbonyl (C=O) groups excluding carboxylic acids is 1. The molecule has 1 amide bonds. The van der Waals surface area contributed by atoms with Crippen molar-refractivity contribution in [3.05, 3.63) is 47.3 Å². The van der Waals surface area contributed by atoms with Gasteiger partial charge in [-0.25, -0.2) is 0 Å². The summed E-state index contributed by atoms with van der Waals surface area (Å²) in [6.07, 6.45) is 1.70. The van der Waals surface area contributed by atoms with Crippen molar-refractivity contribution in [3.63, 3.8) is 0 Å². The fourth-order valence-corrected chi connectivity index (χ4v) is 2.18. The average Bonchev–Trinajstić information content (AvgIpc) is 2.94. The van der Waals surface area contributed by atoms with E-state index in [1.807, 2.05) is 31.2 Å². The van der Waals surface area contributed by atoms with Crippen molar-refractivity contribution in [3.8, 4) is 0 Å². The van der Waals surface area contributed by atoms with Gasteiger partial charge < -0.3 is 5.32 Å². The van der Waals surface area contributed by atoms with Crippen LogP contribution in [0.4, 0.5) is 5.69 Å². The number of rotatable bonds is 3. The van der Waals surface area contributed by atoms with E-state index < -0.39 is 0 Å². The monoisotopic (exact) mass is 242 g/mol. The van der Waals surface area contributed by atoms with Gasteiger partial charge in [-0.05, 0) is 19.1 Å². The molecule has 3 rings (SSSR count). The summed E-state index contributed by atoms with van der Waals surface area (Å²) in [7, 11) is 0. The number of anilines is 1. The van der Waals surface area contributed by atoms with Gasteiger partial charge in [0.15, 0.2) is 0 Å². The van der Waals surface area contributed by atoms with Gasteiger partial charge in [-0.1, -0.05) is 17.7 Å². The number of H-pyrrole nitrogens is 1. The Morgan fingerprint density at radius 1 is 1.39 bits per heavy atom. The second-order valence-electron chi connectivity index (χ2n) is 4.48. The Bertz CT molecular complexity index is 577. The molecule has 5 nitrogen and oxygen atoms in total. The van der Waals surface area contributed by atoms with Crippen LogP contribution in [0.3, 0.4) is 0 Å². The summed E-state index contributed by atoms with van der Waals surface area (Å²) in [5.74, 6) is -0.00452. The summed E-state index contributed by atoms with van der Waals surface area (Å²) in [5, 5.41) is 12.9. The lowest BCUT2D eigenvalue weighted by atomic mass is 10.1. The number of benzene rings is 1. The molecule has 0 saturated heterocycles. The van der Waals surface area contributed by atoms with Gasteiger partial charge in [0.1, 0.15) is 6.04 Å². The fourth-order valence-electron chi connectivity index (χ4n) is 2.18. The number of fused-ring (bicyclic) bond motifs is 1. The smallest absolute Gasteiger partial charge is 0.246 e. The molecule has 0 aliphatic carbocycles. The van der Waals surface area contributed by atoms with Crippen LogP contribution in [0.15, 0.2) is 30.5 Å². The summed E-state index contributed by atoms with van der Waals surface area (Å²) < 4.78 is 0. The Morgan fingerprint density at radius 3 is 3.06 bits per heavy atom. The van der Waals surface area contributed by atoms with Crippen LogP contribution >= 0.6 is 0 Å². The number of nitrogens with one attached hydrogen (secondary N) is 3. The van der Waals surface area contributed by atoms with Crippen LogP contribution in [0.5, 0.6) is 0 Å². The number of hydrogen-bond acceptors (Lipinski definition) is 3. The van der Waals surface area contributed by atoms with Crippen LogP contribution in [0.2, 0.25) is 0 Å². The zero-order valence-electron chi connectivity index (χ0n) is 10.0. The normalized spacial score (nSPS) is 17.6. The van der Waals surface area contributed by atoms with Gasteiger partial charge in [0.25, 0.3) is 0 Å². The Balaban J connectivity index is 1.80. The molecule has 1 aromatic heterocycles. The van der Waals surface area contributed by atoms with Crippen molar-refractivity contribution in [1.82, 2.24) is 15.5 Å². The van der Waals surface area contributed by atoms with Gasteiger partial charge in [-0.3, -0.25) is 15.2 Å². The largest absolute Gasteiger partial charge is 0.324 e. The topological polar surface area (TPSA) is 69.8 Å². The highest BCUT2D eigenvalue weighted by Crippen LogP contribution is 2.31. The molecule has 2 heterocycles. The van der Waals surface area contributed by atoms with Crippen molar-refractivity contribution in [2.75, 3.05) is 5.32 Å². The van der Waals surface area contributed by atoms with Crippen LogP contribution < -0.4 is 10.6 Å². The third kappa shape index (κ3) is 1.89. The number of carbonyl (C=O) groups is 1. The van der Waals surface area contributed by atoms with E-state index in [1.165, 1.54) is 0 Å². The molecule has 92 valence electrons. The minimum absolute atomic E-state index is 0.00452. The lowest BCUT2D eigenvalue weighted by Crippen LogP contribution is -2.27. The molecular weight excluding hydrogens is 228 g/mol. The maximum absolute atomic E-state index is 11.9. The number of nitrogens with zero attached hydrogens (tertiary/aromatic N) is 1. The van der Waals surface area contributed by atoms with E-state index in [1.54, 1.807) is 6.20 Å². The predicted molar refractivity (Wildman–Crippen MR) is 68.0 cm³/mol. The summed E-state index contributed by atoms with van der Waals surface area (Å²) in [5.41, 5.74) is 4.02. The van der Waals surface area contributed by atoms with Crippen LogP contribution in [-0.4, -0.2) is 16.1 Å². The third-order valence-corrected chi connectivity index (χ3v) is 3.09. The molecule has 1 aliphatic rings. The Kier molecular flexibility index (Phi) is 2.60. The Labute approximate surface area is 105 Å². The maximum atomic E-state index is 11.9. The molecule has 5 heteroatoms. The molecule has 2 aromatic rings. The molecule has 1 atom stereocenters. The quantitative estimate of drug-likeness (QED) is 0.764. The summed E-state index contributed by atoms with van der Waals surface area (Å²) in [4.78, 5) is 11.9. The standard InChI is InChI=1S/C13H14N4O/c1-8-2-3-11-10(6-8)12(13(18)16-11)14-7-9-4-5-15-17-9/h2-6,12,14H,7H2,1H3,(H,15,17)(H,16,18). The Hall–Kier alpha value is -2.14. The van der Waals surface area contributed by atoms with Gasteiger partial charge in [0.05, 0.1) is 0 Å². The molecule has 0 radical (unpaired) electrons. The number of hydrogen-bond donors (Lipinski definition) is 3. The lowest BCUT2D eigenvalue weighted by Gasteiger charge is -2.10. The van der Waals surface area contributed by atoms with Gasteiger partial charge in [-0.2, -0.15) is 5.10 Å². The van der Waals surface area contributed by atoms with E-state index in [2.05, 4.69) is 20.8 Å². The van der Waals surface area contributed by atoms with Crippen LogP contribution in [0.25, 0.3) is 0 Å². The van der Waals surface area contributed by atoms with E-state index >= 15 is 0 Å². The van der Waals surface area contributed by atoms with Crippen molar-refractivity contribution in [2.45, 2.75) is 19.5 Å². The van der Waals surface area contributed by atoms with E-state index in [0.717, 1.165) is 22.5 Å². The van der Waals surface area contributed by atoms with Crippen LogP contribution in [0, 0.1) is 6.92 Å². The van der Waals surface area contributed by atoms with Crippen molar-refractivity contribution in [1.29, 1.82) is 0 Å². The zero-order valence-corrected chi connectivity index (χ0v) is 10.0. The number of aromatic nitrogens is 2. The SMILES string of the molecule is Cc1ccc2c(c1)C(NCc1ccn[nH]1)C(=O)N2. The second kappa shape index (κ2) is 4.27. The molecule has 1 aromatic carbocycles. The molecule has 1 unspecified atom stereocenters. The second-order valence-corrected chi connectivity index (χ2v) is 4.48. The molecule has 0 saturated carbocycles. The summed E-state index contributed by atoms with van der Waals surface area (Å²) in [6.45, 7) is 2.61. The van der Waals surface area contributed by atoms with Gasteiger partial charge >= 0.3 is 0 Å². The minimum atomic E-state index is -0.289. The fraction of sp³-hybridized carbons (Fsp3) is 0.231. The number of amides is 1. The third-order valence-electron chi connectivity index (χ3n) is 3.09. The summed E-state index contributed by atoms with van der Waals surface area (Å²) >= 11 is 0. The molecule has 0 spiro atoms. The first-order valence-electron chi connectivity index (χ1n) is 5.87. The highest BCUT2D eigenvalue weighted by Gasteiger charge is 2.29. The Morgan fingerprint density at radius 2 is 2.28 bits per heavy atom. The zero-order chi connectivity index (χ0) is 12.5. The molecule has 3 N–H and O–H groups in total. The number of aromatic amines is 1. The molecule has 1 aliphatic heterocycles. The molecule has 18 heavy (non-hydrogen) atoms. The average molecular weight is 242 g/mol. The van der Waals surface area contributed by atoms with Crippen LogP contribution in [0.1, 0.15) is 22.9 Å².